The van der Waals surface area contributed by atoms with E-state index in [1.807, 2.05) is 0 Å². The van der Waals surface area contributed by atoms with E-state index >= 15 is 0 Å². The van der Waals surface area contributed by atoms with Gasteiger partial charge in [0.1, 0.15) is 12.4 Å². The van der Waals surface area contributed by atoms with Crippen LogP contribution in [0.15, 0.2) is 36.7 Å². The van der Waals surface area contributed by atoms with Gasteiger partial charge in [-0.05, 0) is 66.6 Å². The number of halogens is 4. The van der Waals surface area contributed by atoms with Crippen LogP contribution in [-0.4, -0.2) is 44.7 Å². The highest BCUT2D eigenvalue weighted by Crippen LogP contribution is 2.41. The van der Waals surface area contributed by atoms with Crippen molar-refractivity contribution in [2.45, 2.75) is 38.5 Å². The number of amides is 1. The number of benzene rings is 1. The third-order valence-electron chi connectivity index (χ3n) is 6.69. The van der Waals surface area contributed by atoms with Crippen LogP contribution in [-0.2, 0) is 24.5 Å². The van der Waals surface area contributed by atoms with E-state index in [2.05, 4.69) is 15.4 Å². The first-order chi connectivity index (χ1) is 18.0. The van der Waals surface area contributed by atoms with Gasteiger partial charge >= 0.3 is 6.18 Å². The van der Waals surface area contributed by atoms with Crippen LogP contribution >= 0.6 is 0 Å². The standard InChI is InChI=1S/C26H26F4N6O2/c1-14-7-21(32-11-20(14)27)22(16-3-4-16)33-24(37)18-9-15(12-36-5-6-38-25(36)31)8-17(10-18)19-13-35(2)34-23(19)26(28,29)30/h7-11,13,16,22,31H,3-6,12H2,1-2H3,(H,33,37). The molecule has 2 N–H and O–H groups in total. The van der Waals surface area contributed by atoms with Gasteiger partial charge < -0.3 is 15.0 Å². The lowest BCUT2D eigenvalue weighted by atomic mass is 9.98. The predicted octanol–water partition coefficient (Wildman–Crippen LogP) is 4.60. The summed E-state index contributed by atoms with van der Waals surface area (Å²) in [6.45, 7) is 2.58. The lowest BCUT2D eigenvalue weighted by Crippen LogP contribution is -2.31. The average molecular weight is 531 g/mol. The van der Waals surface area contributed by atoms with Crippen LogP contribution < -0.4 is 5.32 Å². The molecule has 0 spiro atoms. The minimum Gasteiger partial charge on any atom is -0.463 e. The molecule has 0 bridgehead atoms. The Labute approximate surface area is 216 Å². The van der Waals surface area contributed by atoms with Gasteiger partial charge in [0.15, 0.2) is 5.69 Å². The van der Waals surface area contributed by atoms with Crippen LogP contribution in [0.5, 0.6) is 0 Å². The highest BCUT2D eigenvalue weighted by molar-refractivity contribution is 5.96. The van der Waals surface area contributed by atoms with E-state index in [1.165, 1.54) is 19.3 Å². The van der Waals surface area contributed by atoms with Crippen molar-refractivity contribution in [3.63, 3.8) is 0 Å². The van der Waals surface area contributed by atoms with Crippen molar-refractivity contribution in [2.75, 3.05) is 13.2 Å². The molecule has 1 aliphatic carbocycles. The smallest absolute Gasteiger partial charge is 0.435 e. The van der Waals surface area contributed by atoms with Crippen molar-refractivity contribution >= 4 is 11.9 Å². The summed E-state index contributed by atoms with van der Waals surface area (Å²) in [4.78, 5) is 19.3. The van der Waals surface area contributed by atoms with Crippen LogP contribution in [0.2, 0.25) is 0 Å². The molecular formula is C26H26F4N6O2. The SMILES string of the molecule is Cc1cc(C(NC(=O)c2cc(CN3CCOC3=N)cc(-c3cn(C)nc3C(F)(F)F)c2)C2CC2)ncc1F. The Morgan fingerprint density at radius 1 is 1.26 bits per heavy atom. The molecular weight excluding hydrogens is 504 g/mol. The number of aromatic nitrogens is 3. The van der Waals surface area contributed by atoms with E-state index in [0.29, 0.717) is 30.0 Å². The molecule has 1 atom stereocenters. The number of amidine groups is 1. The van der Waals surface area contributed by atoms with Crippen LogP contribution in [0.1, 0.15) is 51.8 Å². The topological polar surface area (TPSA) is 96.1 Å². The Kier molecular flexibility index (Phi) is 6.58. The molecule has 38 heavy (non-hydrogen) atoms. The monoisotopic (exact) mass is 530 g/mol. The molecule has 1 aromatic carbocycles. The fourth-order valence-corrected chi connectivity index (χ4v) is 4.61. The quantitative estimate of drug-likeness (QED) is 0.436. The highest BCUT2D eigenvalue weighted by Gasteiger charge is 2.38. The van der Waals surface area contributed by atoms with Crippen LogP contribution in [0.3, 0.4) is 0 Å². The molecule has 2 fully saturated rings. The molecule has 1 saturated carbocycles. The van der Waals surface area contributed by atoms with Gasteiger partial charge in [-0.15, -0.1) is 0 Å². The number of nitrogens with zero attached hydrogens (tertiary/aromatic N) is 4. The van der Waals surface area contributed by atoms with Gasteiger partial charge in [-0.1, -0.05) is 0 Å². The Morgan fingerprint density at radius 2 is 2.03 bits per heavy atom. The van der Waals surface area contributed by atoms with Crippen molar-refractivity contribution in [3.8, 4) is 11.1 Å². The molecule has 2 aliphatic rings. The molecule has 1 amide bonds. The van der Waals surface area contributed by atoms with E-state index in [-0.39, 0.29) is 35.2 Å². The summed E-state index contributed by atoms with van der Waals surface area (Å²) in [5.74, 6) is -0.796. The van der Waals surface area contributed by atoms with Gasteiger partial charge in [0.25, 0.3) is 11.9 Å². The fourth-order valence-electron chi connectivity index (χ4n) is 4.61. The lowest BCUT2D eigenvalue weighted by Gasteiger charge is -2.20. The van der Waals surface area contributed by atoms with Gasteiger partial charge in [0.05, 0.1) is 24.5 Å². The minimum absolute atomic E-state index is 0.0367. The zero-order valence-corrected chi connectivity index (χ0v) is 20.8. The Bertz CT molecular complexity index is 1400. The molecule has 0 radical (unpaired) electrons. The molecule has 1 unspecified atom stereocenters. The summed E-state index contributed by atoms with van der Waals surface area (Å²) in [7, 11) is 1.40. The third-order valence-corrected chi connectivity index (χ3v) is 6.69. The number of ether oxygens (including phenoxy) is 1. The number of carbonyl (C=O) groups excluding carboxylic acids is 1. The zero-order valence-electron chi connectivity index (χ0n) is 20.8. The van der Waals surface area contributed by atoms with Gasteiger partial charge in [0.2, 0.25) is 0 Å². The van der Waals surface area contributed by atoms with Crippen LogP contribution in [0, 0.1) is 24.1 Å². The minimum atomic E-state index is -4.69. The van der Waals surface area contributed by atoms with Crippen molar-refractivity contribution < 1.29 is 27.1 Å². The summed E-state index contributed by atoms with van der Waals surface area (Å²) < 4.78 is 61.4. The first-order valence-corrected chi connectivity index (χ1v) is 12.1. The second kappa shape index (κ2) is 9.73. The fraction of sp³-hybridized carbons (Fsp3) is 0.385. The largest absolute Gasteiger partial charge is 0.463 e. The predicted molar refractivity (Wildman–Crippen MR) is 130 cm³/mol. The average Bonchev–Trinajstić information content (AvgIpc) is 3.50. The van der Waals surface area contributed by atoms with Crippen LogP contribution in [0.4, 0.5) is 17.6 Å². The van der Waals surface area contributed by atoms with Gasteiger partial charge in [-0.25, -0.2) is 4.39 Å². The maximum atomic E-state index is 13.8. The van der Waals surface area contributed by atoms with Gasteiger partial charge in [0, 0.05) is 30.9 Å². The summed E-state index contributed by atoms with van der Waals surface area (Å²) in [5.41, 5.74) is 0.611. The Hall–Kier alpha value is -3.96. The van der Waals surface area contributed by atoms with Crippen molar-refractivity contribution in [3.05, 3.63) is 70.6 Å². The summed E-state index contributed by atoms with van der Waals surface area (Å²) >= 11 is 0. The zero-order chi connectivity index (χ0) is 27.2. The maximum Gasteiger partial charge on any atom is 0.435 e. The second-order valence-corrected chi connectivity index (χ2v) is 9.70. The Balaban J connectivity index is 1.52. The van der Waals surface area contributed by atoms with Crippen molar-refractivity contribution in [1.29, 1.82) is 5.41 Å². The molecule has 3 heterocycles. The molecule has 1 saturated heterocycles. The second-order valence-electron chi connectivity index (χ2n) is 9.70. The molecule has 1 aliphatic heterocycles. The summed E-state index contributed by atoms with van der Waals surface area (Å²) in [6, 6.07) is 5.68. The summed E-state index contributed by atoms with van der Waals surface area (Å²) in [6.07, 6.45) is -0.558. The Morgan fingerprint density at radius 3 is 2.66 bits per heavy atom. The number of pyridine rings is 1. The number of aryl methyl sites for hydroxylation is 2. The van der Waals surface area contributed by atoms with Gasteiger partial charge in [-0.2, -0.15) is 18.3 Å². The number of hydrogen-bond acceptors (Lipinski definition) is 5. The first kappa shape index (κ1) is 25.7. The normalized spacial score (nSPS) is 16.5. The van der Waals surface area contributed by atoms with E-state index in [1.54, 1.807) is 30.0 Å². The highest BCUT2D eigenvalue weighted by atomic mass is 19.4. The van der Waals surface area contributed by atoms with E-state index in [9.17, 15) is 22.4 Å². The number of nitrogens with one attached hydrogen (secondary N) is 2. The maximum absolute atomic E-state index is 13.8. The number of alkyl halides is 3. The molecule has 8 nitrogen and oxygen atoms in total. The molecule has 12 heteroatoms. The van der Waals surface area contributed by atoms with E-state index < -0.39 is 29.6 Å². The number of hydrogen-bond donors (Lipinski definition) is 2. The first-order valence-electron chi connectivity index (χ1n) is 12.1. The third kappa shape index (κ3) is 5.34. The lowest BCUT2D eigenvalue weighted by molar-refractivity contribution is -0.140. The number of carbonyl (C=O) groups is 1. The summed E-state index contributed by atoms with van der Waals surface area (Å²) in [5, 5.41) is 14.5. The number of rotatable bonds is 7. The van der Waals surface area contributed by atoms with Crippen molar-refractivity contribution in [1.82, 2.24) is 25.0 Å². The van der Waals surface area contributed by atoms with Gasteiger partial charge in [-0.3, -0.25) is 19.9 Å². The van der Waals surface area contributed by atoms with E-state index in [0.717, 1.165) is 23.7 Å². The molecule has 5 rings (SSSR count). The van der Waals surface area contributed by atoms with Crippen molar-refractivity contribution in [2.24, 2.45) is 13.0 Å². The van der Waals surface area contributed by atoms with E-state index in [4.69, 9.17) is 10.1 Å². The van der Waals surface area contributed by atoms with Crippen LogP contribution in [0.25, 0.3) is 11.1 Å². The molecule has 200 valence electrons. The molecule has 3 aromatic rings. The molecule has 2 aromatic heterocycles.